The van der Waals surface area contributed by atoms with Crippen molar-refractivity contribution in [2.75, 3.05) is 0 Å². The molecule has 1 unspecified atom stereocenters. The molecule has 1 heterocycles. The number of halogens is 1. The van der Waals surface area contributed by atoms with E-state index in [0.29, 0.717) is 17.1 Å². The van der Waals surface area contributed by atoms with Crippen LogP contribution in [0.5, 0.6) is 0 Å². The van der Waals surface area contributed by atoms with E-state index >= 15 is 0 Å². The molecule has 1 N–H and O–H groups in total. The third-order valence-corrected chi connectivity index (χ3v) is 4.29. The Morgan fingerprint density at radius 3 is 2.85 bits per heavy atom. The van der Waals surface area contributed by atoms with E-state index in [1.165, 1.54) is 10.9 Å². The Kier molecular flexibility index (Phi) is 5.11. The molecule has 6 heteroatoms. The van der Waals surface area contributed by atoms with Gasteiger partial charge in [0, 0.05) is 34.1 Å². The van der Waals surface area contributed by atoms with Gasteiger partial charge in [-0.25, -0.2) is 0 Å². The fraction of sp³-hybridized carbons (Fsp3) is 0.286. The summed E-state index contributed by atoms with van der Waals surface area (Å²) in [6, 6.07) is 8.91. The van der Waals surface area contributed by atoms with Gasteiger partial charge in [0.25, 0.3) is 5.69 Å². The zero-order chi connectivity index (χ0) is 14.5. The normalized spacial score (nSPS) is 12.3. The van der Waals surface area contributed by atoms with Crippen molar-refractivity contribution in [1.82, 2.24) is 5.32 Å². The van der Waals surface area contributed by atoms with E-state index in [-0.39, 0.29) is 16.7 Å². The molecule has 0 saturated heterocycles. The molecule has 0 saturated carbocycles. The highest BCUT2D eigenvalue weighted by Gasteiger charge is 2.16. The summed E-state index contributed by atoms with van der Waals surface area (Å²) in [6.45, 7) is 2.51. The van der Waals surface area contributed by atoms with Crippen molar-refractivity contribution in [1.29, 1.82) is 0 Å². The third kappa shape index (κ3) is 3.56. The molecule has 2 aromatic rings. The molecule has 0 fully saturated rings. The minimum atomic E-state index is -0.376. The number of nitro benzene ring substituents is 1. The van der Waals surface area contributed by atoms with Crippen LogP contribution in [0, 0.1) is 10.1 Å². The van der Waals surface area contributed by atoms with Gasteiger partial charge >= 0.3 is 0 Å². The Morgan fingerprint density at radius 1 is 1.45 bits per heavy atom. The molecule has 4 nitrogen and oxygen atoms in total. The zero-order valence-corrected chi connectivity index (χ0v) is 12.6. The summed E-state index contributed by atoms with van der Waals surface area (Å²) in [5.41, 5.74) is 0.709. The van der Waals surface area contributed by atoms with Crippen LogP contribution in [0.2, 0.25) is 5.02 Å². The molecule has 0 bridgehead atoms. The van der Waals surface area contributed by atoms with E-state index in [9.17, 15) is 10.1 Å². The number of nitrogens with zero attached hydrogens (tertiary/aromatic N) is 1. The van der Waals surface area contributed by atoms with Gasteiger partial charge in [0.05, 0.1) is 4.92 Å². The lowest BCUT2D eigenvalue weighted by molar-refractivity contribution is -0.385. The molecular formula is C14H15ClN2O2S. The minimum Gasteiger partial charge on any atom is -0.305 e. The van der Waals surface area contributed by atoms with Crippen molar-refractivity contribution >= 4 is 28.6 Å². The van der Waals surface area contributed by atoms with Gasteiger partial charge < -0.3 is 5.32 Å². The van der Waals surface area contributed by atoms with Crippen molar-refractivity contribution in [3.8, 4) is 0 Å². The molecule has 0 aliphatic heterocycles. The molecule has 0 amide bonds. The molecular weight excluding hydrogens is 296 g/mol. The van der Waals surface area contributed by atoms with Crippen molar-refractivity contribution in [2.24, 2.45) is 0 Å². The second-order valence-electron chi connectivity index (χ2n) is 4.39. The van der Waals surface area contributed by atoms with Crippen LogP contribution in [0.25, 0.3) is 0 Å². The quantitative estimate of drug-likeness (QED) is 0.629. The van der Waals surface area contributed by atoms with Crippen LogP contribution >= 0.6 is 22.9 Å². The first-order chi connectivity index (χ1) is 9.61. The van der Waals surface area contributed by atoms with Crippen LogP contribution in [-0.2, 0) is 6.54 Å². The Hall–Kier alpha value is -1.43. The number of benzene rings is 1. The molecule has 1 aromatic heterocycles. The van der Waals surface area contributed by atoms with Crippen molar-refractivity contribution < 1.29 is 4.92 Å². The first kappa shape index (κ1) is 15.0. The maximum Gasteiger partial charge on any atom is 0.273 e. The van der Waals surface area contributed by atoms with E-state index < -0.39 is 0 Å². The second kappa shape index (κ2) is 6.83. The number of nitro groups is 1. The van der Waals surface area contributed by atoms with Gasteiger partial charge in [0.1, 0.15) is 0 Å². The summed E-state index contributed by atoms with van der Waals surface area (Å²) in [5.74, 6) is 0. The van der Waals surface area contributed by atoms with Crippen LogP contribution in [0.15, 0.2) is 35.7 Å². The first-order valence-corrected chi connectivity index (χ1v) is 7.57. The molecule has 2 rings (SSSR count). The molecule has 0 radical (unpaired) electrons. The summed E-state index contributed by atoms with van der Waals surface area (Å²) in [4.78, 5) is 11.9. The maximum absolute atomic E-state index is 11.0. The standard InChI is InChI=1S/C14H15ClN2O2S/c1-2-12(14-4-3-7-20-14)16-9-10-8-11(15)5-6-13(10)17(18)19/h3-8,12,16H,2,9H2,1H3. The molecule has 1 atom stereocenters. The first-order valence-electron chi connectivity index (χ1n) is 6.31. The lowest BCUT2D eigenvalue weighted by atomic mass is 10.1. The SMILES string of the molecule is CCC(NCc1cc(Cl)ccc1[N+](=O)[O-])c1cccs1. The van der Waals surface area contributed by atoms with Crippen molar-refractivity contribution in [2.45, 2.75) is 25.9 Å². The lowest BCUT2D eigenvalue weighted by Crippen LogP contribution is -2.20. The van der Waals surface area contributed by atoms with Gasteiger partial charge in [0.2, 0.25) is 0 Å². The summed E-state index contributed by atoms with van der Waals surface area (Å²) in [7, 11) is 0. The molecule has 1 aromatic carbocycles. The average Bonchev–Trinajstić information content (AvgIpc) is 2.93. The monoisotopic (exact) mass is 310 g/mol. The number of hydrogen-bond donors (Lipinski definition) is 1. The van der Waals surface area contributed by atoms with Gasteiger partial charge in [0.15, 0.2) is 0 Å². The Morgan fingerprint density at radius 2 is 2.25 bits per heavy atom. The number of rotatable bonds is 6. The van der Waals surface area contributed by atoms with Crippen LogP contribution in [0.1, 0.15) is 29.8 Å². The number of nitrogens with one attached hydrogen (secondary N) is 1. The zero-order valence-electron chi connectivity index (χ0n) is 11.0. The Balaban J connectivity index is 2.13. The summed E-state index contributed by atoms with van der Waals surface area (Å²) < 4.78 is 0. The van der Waals surface area contributed by atoms with Crippen LogP contribution < -0.4 is 5.32 Å². The summed E-state index contributed by atoms with van der Waals surface area (Å²) >= 11 is 7.60. The van der Waals surface area contributed by atoms with Gasteiger partial charge in [-0.3, -0.25) is 10.1 Å². The molecule has 0 aliphatic carbocycles. The highest BCUT2D eigenvalue weighted by molar-refractivity contribution is 7.10. The summed E-state index contributed by atoms with van der Waals surface area (Å²) in [6.07, 6.45) is 0.925. The fourth-order valence-corrected chi connectivity index (χ4v) is 3.12. The average molecular weight is 311 g/mol. The smallest absolute Gasteiger partial charge is 0.273 e. The van der Waals surface area contributed by atoms with Crippen molar-refractivity contribution in [3.05, 3.63) is 61.3 Å². The molecule has 0 spiro atoms. The highest BCUT2D eigenvalue weighted by Crippen LogP contribution is 2.25. The molecule has 0 aliphatic rings. The van der Waals surface area contributed by atoms with Crippen LogP contribution in [0.3, 0.4) is 0 Å². The topological polar surface area (TPSA) is 55.2 Å². The third-order valence-electron chi connectivity index (χ3n) is 3.07. The number of thiophene rings is 1. The highest BCUT2D eigenvalue weighted by atomic mass is 35.5. The van der Waals surface area contributed by atoms with Crippen LogP contribution in [-0.4, -0.2) is 4.92 Å². The van der Waals surface area contributed by atoms with E-state index in [1.807, 2.05) is 11.4 Å². The van der Waals surface area contributed by atoms with E-state index in [1.54, 1.807) is 23.5 Å². The predicted octanol–water partition coefficient (Wildman–Crippen LogP) is 4.55. The van der Waals surface area contributed by atoms with E-state index in [2.05, 4.69) is 18.3 Å². The second-order valence-corrected chi connectivity index (χ2v) is 5.80. The Labute approximate surface area is 126 Å². The van der Waals surface area contributed by atoms with E-state index in [4.69, 9.17) is 11.6 Å². The van der Waals surface area contributed by atoms with Gasteiger partial charge in [-0.1, -0.05) is 24.6 Å². The van der Waals surface area contributed by atoms with Gasteiger partial charge in [-0.15, -0.1) is 11.3 Å². The lowest BCUT2D eigenvalue weighted by Gasteiger charge is -2.15. The maximum atomic E-state index is 11.0. The minimum absolute atomic E-state index is 0.0999. The molecule has 20 heavy (non-hydrogen) atoms. The van der Waals surface area contributed by atoms with E-state index in [0.717, 1.165) is 6.42 Å². The predicted molar refractivity (Wildman–Crippen MR) is 82.3 cm³/mol. The largest absolute Gasteiger partial charge is 0.305 e. The summed E-state index contributed by atoms with van der Waals surface area (Å²) in [5, 5.41) is 16.9. The van der Waals surface area contributed by atoms with Gasteiger partial charge in [-0.05, 0) is 30.0 Å². The molecule has 106 valence electrons. The van der Waals surface area contributed by atoms with Gasteiger partial charge in [-0.2, -0.15) is 0 Å². The number of hydrogen-bond acceptors (Lipinski definition) is 4. The Bertz CT molecular complexity index is 587. The van der Waals surface area contributed by atoms with Crippen molar-refractivity contribution in [3.63, 3.8) is 0 Å². The fourth-order valence-electron chi connectivity index (χ4n) is 2.04. The van der Waals surface area contributed by atoms with Crippen LogP contribution in [0.4, 0.5) is 5.69 Å².